The molecule has 23 heavy (non-hydrogen) atoms. The van der Waals surface area contributed by atoms with Gasteiger partial charge in [0.2, 0.25) is 0 Å². The van der Waals surface area contributed by atoms with Gasteiger partial charge < -0.3 is 10.8 Å². The molecule has 3 aromatic rings. The van der Waals surface area contributed by atoms with Gasteiger partial charge in [0.25, 0.3) is 0 Å². The molecule has 0 amide bonds. The number of hydrogen-bond acceptors (Lipinski definition) is 3. The minimum Gasteiger partial charge on any atom is -0.412 e. The molecular formula is C17H18ClN3O2. The van der Waals surface area contributed by atoms with Crippen LogP contribution in [0.25, 0.3) is 16.7 Å². The third-order valence-corrected chi connectivity index (χ3v) is 3.99. The summed E-state index contributed by atoms with van der Waals surface area (Å²) in [6.07, 6.45) is 2.58. The van der Waals surface area contributed by atoms with Gasteiger partial charge in [-0.3, -0.25) is 9.36 Å². The number of halogens is 1. The van der Waals surface area contributed by atoms with Crippen molar-refractivity contribution in [3.8, 4) is 5.69 Å². The molecule has 0 radical (unpaired) electrons. The zero-order valence-electron chi connectivity index (χ0n) is 12.5. The van der Waals surface area contributed by atoms with Crippen molar-refractivity contribution in [3.05, 3.63) is 70.1 Å². The zero-order chi connectivity index (χ0) is 14.2. The van der Waals surface area contributed by atoms with Gasteiger partial charge in [-0.15, -0.1) is 12.4 Å². The van der Waals surface area contributed by atoms with Gasteiger partial charge in [0.15, 0.2) is 5.43 Å². The predicted octanol–water partition coefficient (Wildman–Crippen LogP) is 1.63. The summed E-state index contributed by atoms with van der Waals surface area (Å²) < 4.78 is 2.13. The van der Waals surface area contributed by atoms with Crippen LogP contribution in [0.1, 0.15) is 11.3 Å². The van der Waals surface area contributed by atoms with Crippen LogP contribution < -0.4 is 10.7 Å². The van der Waals surface area contributed by atoms with Crippen molar-refractivity contribution in [2.45, 2.75) is 13.0 Å². The van der Waals surface area contributed by atoms with E-state index in [1.54, 1.807) is 6.20 Å². The quantitative estimate of drug-likeness (QED) is 0.736. The number of benzene rings is 1. The third kappa shape index (κ3) is 2.74. The van der Waals surface area contributed by atoms with Crippen molar-refractivity contribution in [3.63, 3.8) is 0 Å². The smallest absolute Gasteiger partial charge is 0.195 e. The lowest BCUT2D eigenvalue weighted by atomic mass is 10.0. The van der Waals surface area contributed by atoms with Crippen LogP contribution in [0, 0.1) is 0 Å². The van der Waals surface area contributed by atoms with Gasteiger partial charge in [-0.2, -0.15) is 0 Å². The molecule has 1 aromatic carbocycles. The van der Waals surface area contributed by atoms with E-state index in [2.05, 4.69) is 27.0 Å². The molecule has 3 heterocycles. The van der Waals surface area contributed by atoms with Crippen LogP contribution in [0.5, 0.6) is 0 Å². The van der Waals surface area contributed by atoms with Crippen LogP contribution in [-0.4, -0.2) is 21.6 Å². The second-order valence-electron chi connectivity index (χ2n) is 5.23. The summed E-state index contributed by atoms with van der Waals surface area (Å²) in [6, 6.07) is 13.8. The highest BCUT2D eigenvalue weighted by molar-refractivity contribution is 5.85. The second kappa shape index (κ2) is 6.91. The first-order valence-corrected chi connectivity index (χ1v) is 7.14. The Kier molecular flexibility index (Phi) is 5.15. The van der Waals surface area contributed by atoms with Crippen LogP contribution in [-0.2, 0) is 13.0 Å². The molecule has 2 aromatic heterocycles. The molecule has 0 saturated carbocycles. The molecule has 1 aliphatic rings. The zero-order valence-corrected chi connectivity index (χ0v) is 13.3. The van der Waals surface area contributed by atoms with Crippen molar-refractivity contribution in [1.82, 2.24) is 14.9 Å². The first kappa shape index (κ1) is 17.1. The van der Waals surface area contributed by atoms with Gasteiger partial charge in [-0.25, -0.2) is 4.98 Å². The highest BCUT2D eigenvalue weighted by atomic mass is 35.5. The van der Waals surface area contributed by atoms with E-state index < -0.39 is 0 Å². The summed E-state index contributed by atoms with van der Waals surface area (Å²) in [5.74, 6) is 0. The standard InChI is InChI=1S/C17H15N3O.ClH.H2O/c21-16-13-7-4-9-19-17(13)20(12-5-2-1-3-6-12)15-8-10-18-11-14(15)16;;/h1-7,9,18H,8,10-11H2;1H;1H2. The highest BCUT2D eigenvalue weighted by Gasteiger charge is 2.20. The number of aromatic nitrogens is 2. The minimum atomic E-state index is 0. The molecule has 0 fully saturated rings. The van der Waals surface area contributed by atoms with E-state index >= 15 is 0 Å². The Labute approximate surface area is 139 Å². The number of para-hydroxylation sites is 1. The number of nitrogens with zero attached hydrogens (tertiary/aromatic N) is 2. The molecular weight excluding hydrogens is 314 g/mol. The van der Waals surface area contributed by atoms with Gasteiger partial charge in [0.05, 0.1) is 5.39 Å². The molecule has 6 heteroatoms. The maximum Gasteiger partial charge on any atom is 0.195 e. The average Bonchev–Trinajstić information content (AvgIpc) is 2.56. The summed E-state index contributed by atoms with van der Waals surface area (Å²) in [5, 5.41) is 3.98. The molecule has 0 unspecified atom stereocenters. The van der Waals surface area contributed by atoms with Gasteiger partial charge in [0.1, 0.15) is 5.65 Å². The maximum absolute atomic E-state index is 12.7. The van der Waals surface area contributed by atoms with Crippen molar-refractivity contribution in [1.29, 1.82) is 0 Å². The number of fused-ring (bicyclic) bond motifs is 2. The van der Waals surface area contributed by atoms with Gasteiger partial charge in [-0.05, 0) is 24.3 Å². The minimum absolute atomic E-state index is 0. The van der Waals surface area contributed by atoms with Gasteiger partial charge in [-0.1, -0.05) is 18.2 Å². The summed E-state index contributed by atoms with van der Waals surface area (Å²) in [7, 11) is 0. The predicted molar refractivity (Wildman–Crippen MR) is 93.6 cm³/mol. The fourth-order valence-electron chi connectivity index (χ4n) is 3.03. The second-order valence-corrected chi connectivity index (χ2v) is 5.23. The lowest BCUT2D eigenvalue weighted by Crippen LogP contribution is -2.32. The monoisotopic (exact) mass is 331 g/mol. The molecule has 0 saturated heterocycles. The molecule has 0 bridgehead atoms. The fraction of sp³-hybridized carbons (Fsp3) is 0.176. The first-order valence-electron chi connectivity index (χ1n) is 7.14. The Morgan fingerprint density at radius 2 is 1.87 bits per heavy atom. The summed E-state index contributed by atoms with van der Waals surface area (Å²) in [5.41, 5.74) is 3.85. The van der Waals surface area contributed by atoms with E-state index in [1.807, 2.05) is 30.3 Å². The summed E-state index contributed by atoms with van der Waals surface area (Å²) in [6.45, 7) is 1.52. The van der Waals surface area contributed by atoms with E-state index in [-0.39, 0.29) is 23.3 Å². The van der Waals surface area contributed by atoms with Crippen molar-refractivity contribution >= 4 is 23.4 Å². The Bertz CT molecular complexity index is 878. The molecule has 120 valence electrons. The molecule has 1 aliphatic heterocycles. The van der Waals surface area contributed by atoms with E-state index in [9.17, 15) is 4.79 Å². The Hall–Kier alpha value is -2.21. The Morgan fingerprint density at radius 1 is 1.09 bits per heavy atom. The van der Waals surface area contributed by atoms with Gasteiger partial charge in [0, 0.05) is 42.7 Å². The molecule has 4 rings (SSSR count). The third-order valence-electron chi connectivity index (χ3n) is 3.99. The number of hydrogen-bond donors (Lipinski definition) is 1. The lowest BCUT2D eigenvalue weighted by molar-refractivity contribution is 0.617. The van der Waals surface area contributed by atoms with Crippen molar-refractivity contribution in [2.75, 3.05) is 6.54 Å². The molecule has 0 spiro atoms. The van der Waals surface area contributed by atoms with E-state index in [0.717, 1.165) is 35.6 Å². The van der Waals surface area contributed by atoms with Crippen LogP contribution in [0.3, 0.4) is 0 Å². The summed E-state index contributed by atoms with van der Waals surface area (Å²) in [4.78, 5) is 17.1. The van der Waals surface area contributed by atoms with Crippen LogP contribution in [0.4, 0.5) is 0 Å². The normalized spacial score (nSPS) is 12.9. The van der Waals surface area contributed by atoms with Crippen molar-refractivity contribution in [2.24, 2.45) is 0 Å². The van der Waals surface area contributed by atoms with Gasteiger partial charge >= 0.3 is 0 Å². The van der Waals surface area contributed by atoms with E-state index in [1.165, 1.54) is 0 Å². The van der Waals surface area contributed by atoms with E-state index in [0.29, 0.717) is 11.9 Å². The van der Waals surface area contributed by atoms with Crippen LogP contribution in [0.15, 0.2) is 53.5 Å². The van der Waals surface area contributed by atoms with Crippen molar-refractivity contribution < 1.29 is 5.48 Å². The molecule has 0 aliphatic carbocycles. The van der Waals surface area contributed by atoms with Crippen LogP contribution in [0.2, 0.25) is 0 Å². The number of nitrogens with one attached hydrogen (secondary N) is 1. The molecule has 3 N–H and O–H groups in total. The fourth-order valence-corrected chi connectivity index (χ4v) is 3.03. The first-order chi connectivity index (χ1) is 10.4. The SMILES string of the molecule is Cl.O.O=c1c2c(n(-c3ccccc3)c3ncccc13)CCNC2. The average molecular weight is 332 g/mol. The maximum atomic E-state index is 12.7. The van der Waals surface area contributed by atoms with E-state index in [4.69, 9.17) is 0 Å². The summed E-state index contributed by atoms with van der Waals surface area (Å²) >= 11 is 0. The number of pyridine rings is 2. The highest BCUT2D eigenvalue weighted by Crippen LogP contribution is 2.22. The Balaban J connectivity index is 0.000000960. The Morgan fingerprint density at radius 3 is 2.65 bits per heavy atom. The molecule has 5 nitrogen and oxygen atoms in total. The molecule has 0 atom stereocenters. The van der Waals surface area contributed by atoms with Crippen LogP contribution >= 0.6 is 12.4 Å². The number of rotatable bonds is 1. The topological polar surface area (TPSA) is 78.4 Å². The largest absolute Gasteiger partial charge is 0.412 e. The lowest BCUT2D eigenvalue weighted by Gasteiger charge is -2.23.